The largest absolute Gasteiger partial charge is 0.497 e. The molecule has 0 bridgehead atoms. The zero-order valence-corrected chi connectivity index (χ0v) is 12.9. The van der Waals surface area contributed by atoms with Gasteiger partial charge in [-0.1, -0.05) is 6.07 Å². The summed E-state index contributed by atoms with van der Waals surface area (Å²) in [6.07, 6.45) is 1.59. The van der Waals surface area contributed by atoms with Gasteiger partial charge in [0.05, 0.1) is 12.8 Å². The van der Waals surface area contributed by atoms with E-state index in [2.05, 4.69) is 4.72 Å². The molecule has 1 aromatic carbocycles. The Balaban J connectivity index is 2.31. The Bertz CT molecular complexity index is 701. The zero-order chi connectivity index (χ0) is 15.5. The predicted molar refractivity (Wildman–Crippen MR) is 81.8 cm³/mol. The van der Waals surface area contributed by atoms with Gasteiger partial charge >= 0.3 is 0 Å². The summed E-state index contributed by atoms with van der Waals surface area (Å²) in [5, 5.41) is 0. The molecule has 7 heteroatoms. The van der Waals surface area contributed by atoms with Gasteiger partial charge in [-0.3, -0.25) is 4.72 Å². The average Bonchev–Trinajstić information content (AvgIpc) is 2.91. The summed E-state index contributed by atoms with van der Waals surface area (Å²) < 4.78 is 34.2. The van der Waals surface area contributed by atoms with Gasteiger partial charge < -0.3 is 15.0 Å². The molecule has 0 spiro atoms. The van der Waals surface area contributed by atoms with Crippen LogP contribution in [0.25, 0.3) is 0 Å². The van der Waals surface area contributed by atoms with E-state index in [0.29, 0.717) is 24.5 Å². The summed E-state index contributed by atoms with van der Waals surface area (Å²) in [6, 6.07) is 8.35. The Labute approximate surface area is 124 Å². The van der Waals surface area contributed by atoms with Gasteiger partial charge in [0, 0.05) is 31.0 Å². The Kier molecular flexibility index (Phi) is 4.54. The van der Waals surface area contributed by atoms with Crippen LogP contribution in [0.5, 0.6) is 5.75 Å². The minimum absolute atomic E-state index is 0.201. The molecule has 2 aromatic rings. The molecule has 0 radical (unpaired) electrons. The van der Waals surface area contributed by atoms with Crippen LogP contribution < -0.4 is 15.2 Å². The fourth-order valence-corrected chi connectivity index (χ4v) is 3.15. The van der Waals surface area contributed by atoms with Gasteiger partial charge in [-0.05, 0) is 25.1 Å². The highest BCUT2D eigenvalue weighted by Gasteiger charge is 2.18. The van der Waals surface area contributed by atoms with Gasteiger partial charge in [0.15, 0.2) is 0 Å². The molecule has 0 aliphatic heterocycles. The van der Waals surface area contributed by atoms with E-state index in [1.54, 1.807) is 36.5 Å². The molecule has 0 aliphatic carbocycles. The Morgan fingerprint density at radius 2 is 2.10 bits per heavy atom. The molecule has 3 N–H and O–H groups in total. The maximum absolute atomic E-state index is 12.4. The second kappa shape index (κ2) is 6.19. The van der Waals surface area contributed by atoms with Crippen LogP contribution in [-0.2, 0) is 23.1 Å². The van der Waals surface area contributed by atoms with Gasteiger partial charge in [0.25, 0.3) is 10.0 Å². The van der Waals surface area contributed by atoms with Crippen LogP contribution in [0.4, 0.5) is 5.69 Å². The molecule has 0 amide bonds. The fourth-order valence-electron chi connectivity index (χ4n) is 2.04. The summed E-state index contributed by atoms with van der Waals surface area (Å²) in [6.45, 7) is 2.90. The van der Waals surface area contributed by atoms with Crippen molar-refractivity contribution in [1.29, 1.82) is 0 Å². The van der Waals surface area contributed by atoms with Gasteiger partial charge in [-0.15, -0.1) is 0 Å². The quantitative estimate of drug-likeness (QED) is 0.851. The molecule has 1 heterocycles. The Morgan fingerprint density at radius 3 is 2.67 bits per heavy atom. The number of rotatable bonds is 6. The fraction of sp³-hybridized carbons (Fsp3) is 0.286. The average molecular weight is 309 g/mol. The molecule has 0 fully saturated rings. The smallest absolute Gasteiger partial charge is 0.263 e. The minimum Gasteiger partial charge on any atom is -0.497 e. The van der Waals surface area contributed by atoms with E-state index < -0.39 is 10.0 Å². The Hall–Kier alpha value is -1.99. The van der Waals surface area contributed by atoms with Crippen LogP contribution >= 0.6 is 0 Å². The van der Waals surface area contributed by atoms with Crippen molar-refractivity contribution in [3.63, 3.8) is 0 Å². The highest BCUT2D eigenvalue weighted by Crippen LogP contribution is 2.22. The van der Waals surface area contributed by atoms with Crippen molar-refractivity contribution in [2.45, 2.75) is 24.9 Å². The number of hydrogen-bond acceptors (Lipinski definition) is 4. The molecular weight excluding hydrogens is 290 g/mol. The topological polar surface area (TPSA) is 86.3 Å². The molecule has 114 valence electrons. The van der Waals surface area contributed by atoms with Crippen LogP contribution in [0.15, 0.2) is 41.4 Å². The van der Waals surface area contributed by atoms with Crippen LogP contribution in [0, 0.1) is 0 Å². The molecular formula is C14H19N3O3S. The number of sulfonamides is 1. The van der Waals surface area contributed by atoms with E-state index in [1.165, 1.54) is 7.11 Å². The summed E-state index contributed by atoms with van der Waals surface area (Å²) in [5.41, 5.74) is 6.85. The van der Waals surface area contributed by atoms with Crippen molar-refractivity contribution in [2.24, 2.45) is 5.73 Å². The van der Waals surface area contributed by atoms with Gasteiger partial charge in [0.2, 0.25) is 0 Å². The van der Waals surface area contributed by atoms with Crippen molar-refractivity contribution >= 4 is 15.7 Å². The molecule has 2 rings (SSSR count). The number of nitrogens with zero attached hydrogens (tertiary/aromatic N) is 1. The predicted octanol–water partition coefficient (Wildman–Crippen LogP) is 1.78. The second-order valence-electron chi connectivity index (χ2n) is 4.49. The highest BCUT2D eigenvalue weighted by molar-refractivity contribution is 7.92. The number of benzene rings is 1. The van der Waals surface area contributed by atoms with Crippen molar-refractivity contribution in [1.82, 2.24) is 4.57 Å². The number of aryl methyl sites for hydroxylation is 1. The first-order valence-electron chi connectivity index (χ1n) is 6.56. The lowest BCUT2D eigenvalue weighted by molar-refractivity contribution is 0.415. The number of anilines is 1. The van der Waals surface area contributed by atoms with Crippen molar-refractivity contribution in [3.8, 4) is 5.75 Å². The standard InChI is InChI=1S/C14H19N3O3S/c1-3-17-10-14(8-12(17)9-15)21(18,19)16-11-5-4-6-13(7-11)20-2/h4-8,10,16H,3,9,15H2,1-2H3. The number of nitrogens with two attached hydrogens (primary N) is 1. The van der Waals surface area contributed by atoms with E-state index in [4.69, 9.17) is 10.5 Å². The normalized spacial score (nSPS) is 11.4. The van der Waals surface area contributed by atoms with Crippen molar-refractivity contribution < 1.29 is 13.2 Å². The van der Waals surface area contributed by atoms with E-state index in [-0.39, 0.29) is 4.90 Å². The monoisotopic (exact) mass is 309 g/mol. The minimum atomic E-state index is -3.64. The molecule has 1 aromatic heterocycles. The molecule has 21 heavy (non-hydrogen) atoms. The molecule has 6 nitrogen and oxygen atoms in total. The summed E-state index contributed by atoms with van der Waals surface area (Å²) in [4.78, 5) is 0.201. The van der Waals surface area contributed by atoms with Crippen LogP contribution in [0.1, 0.15) is 12.6 Å². The van der Waals surface area contributed by atoms with Crippen molar-refractivity contribution in [2.75, 3.05) is 11.8 Å². The summed E-state index contributed by atoms with van der Waals surface area (Å²) in [7, 11) is -2.11. The molecule has 0 saturated heterocycles. The first-order chi connectivity index (χ1) is 10.00. The maximum Gasteiger partial charge on any atom is 0.263 e. The number of ether oxygens (including phenoxy) is 1. The second-order valence-corrected chi connectivity index (χ2v) is 6.18. The van der Waals surface area contributed by atoms with Gasteiger partial charge in [0.1, 0.15) is 10.6 Å². The SMILES string of the molecule is CCn1cc(S(=O)(=O)Nc2cccc(OC)c2)cc1CN. The molecule has 0 saturated carbocycles. The number of nitrogens with one attached hydrogen (secondary N) is 1. The zero-order valence-electron chi connectivity index (χ0n) is 12.0. The molecule has 0 atom stereocenters. The van der Waals surface area contributed by atoms with Crippen LogP contribution in [-0.4, -0.2) is 20.1 Å². The third-order valence-electron chi connectivity index (χ3n) is 3.14. The lowest BCUT2D eigenvalue weighted by Gasteiger charge is -2.07. The maximum atomic E-state index is 12.4. The first-order valence-corrected chi connectivity index (χ1v) is 8.04. The lowest BCUT2D eigenvalue weighted by atomic mass is 10.3. The van der Waals surface area contributed by atoms with Gasteiger partial charge in [-0.2, -0.15) is 0 Å². The number of hydrogen-bond donors (Lipinski definition) is 2. The first kappa shape index (κ1) is 15.4. The number of aromatic nitrogens is 1. The third-order valence-corrected chi connectivity index (χ3v) is 4.49. The third kappa shape index (κ3) is 3.37. The molecule has 0 aliphatic rings. The van der Waals surface area contributed by atoms with Crippen molar-refractivity contribution in [3.05, 3.63) is 42.2 Å². The van der Waals surface area contributed by atoms with Crippen LogP contribution in [0.2, 0.25) is 0 Å². The van der Waals surface area contributed by atoms with E-state index in [9.17, 15) is 8.42 Å². The highest BCUT2D eigenvalue weighted by atomic mass is 32.2. The summed E-state index contributed by atoms with van der Waals surface area (Å²) in [5.74, 6) is 0.587. The van der Waals surface area contributed by atoms with Gasteiger partial charge in [-0.25, -0.2) is 8.42 Å². The molecule has 0 unspecified atom stereocenters. The van der Waals surface area contributed by atoms with E-state index in [0.717, 1.165) is 5.69 Å². The van der Waals surface area contributed by atoms with E-state index in [1.807, 2.05) is 11.5 Å². The summed E-state index contributed by atoms with van der Waals surface area (Å²) >= 11 is 0. The van der Waals surface area contributed by atoms with Crippen LogP contribution in [0.3, 0.4) is 0 Å². The van der Waals surface area contributed by atoms with E-state index >= 15 is 0 Å². The number of methoxy groups -OCH3 is 1. The Morgan fingerprint density at radius 1 is 1.33 bits per heavy atom. The lowest BCUT2D eigenvalue weighted by Crippen LogP contribution is -2.12.